The third-order valence-corrected chi connectivity index (χ3v) is 5.84. The zero-order chi connectivity index (χ0) is 24.4. The van der Waals surface area contributed by atoms with Gasteiger partial charge in [-0.3, -0.25) is 4.79 Å². The summed E-state index contributed by atoms with van der Waals surface area (Å²) in [6.45, 7) is 1.69. The van der Waals surface area contributed by atoms with Crippen molar-refractivity contribution in [3.8, 4) is 11.5 Å². The topological polar surface area (TPSA) is 131 Å². The maximum Gasteiger partial charge on any atom is 0.340 e. The van der Waals surface area contributed by atoms with Crippen LogP contribution in [-0.4, -0.2) is 42.2 Å². The van der Waals surface area contributed by atoms with Gasteiger partial charge in [-0.2, -0.15) is 0 Å². The first kappa shape index (κ1) is 22.9. The summed E-state index contributed by atoms with van der Waals surface area (Å²) in [5.41, 5.74) is 1.88. The number of carbonyl (C=O) groups is 2. The molecule has 176 valence electrons. The van der Waals surface area contributed by atoms with Crippen molar-refractivity contribution in [1.29, 1.82) is 0 Å². The van der Waals surface area contributed by atoms with Crippen LogP contribution in [0.2, 0.25) is 0 Å². The van der Waals surface area contributed by atoms with E-state index in [9.17, 15) is 19.5 Å². The van der Waals surface area contributed by atoms with Gasteiger partial charge in [0.2, 0.25) is 5.91 Å². The molecule has 0 aliphatic heterocycles. The Bertz CT molecular complexity index is 1450. The lowest BCUT2D eigenvalue weighted by Crippen LogP contribution is -2.43. The fourth-order valence-corrected chi connectivity index (χ4v) is 4.09. The number of ether oxygens (including phenoxy) is 2. The summed E-state index contributed by atoms with van der Waals surface area (Å²) < 4.78 is 16.1. The quantitative estimate of drug-likeness (QED) is 0.342. The molecule has 0 saturated carbocycles. The van der Waals surface area contributed by atoms with E-state index in [0.717, 1.165) is 16.5 Å². The molecule has 9 nitrogen and oxygen atoms in total. The van der Waals surface area contributed by atoms with Crippen molar-refractivity contribution in [3.63, 3.8) is 0 Å². The van der Waals surface area contributed by atoms with Crippen LogP contribution in [0.25, 0.3) is 21.9 Å². The first-order valence-corrected chi connectivity index (χ1v) is 10.6. The van der Waals surface area contributed by atoms with E-state index >= 15 is 0 Å². The van der Waals surface area contributed by atoms with Gasteiger partial charge in [-0.15, -0.1) is 0 Å². The number of rotatable bonds is 8. The van der Waals surface area contributed by atoms with Gasteiger partial charge in [0, 0.05) is 35.7 Å². The van der Waals surface area contributed by atoms with Crippen LogP contribution >= 0.6 is 0 Å². The van der Waals surface area contributed by atoms with Crippen LogP contribution in [0.3, 0.4) is 0 Å². The van der Waals surface area contributed by atoms with Gasteiger partial charge in [0.15, 0.2) is 0 Å². The van der Waals surface area contributed by atoms with Crippen LogP contribution in [0.15, 0.2) is 51.8 Å². The molecule has 0 spiro atoms. The van der Waals surface area contributed by atoms with E-state index in [2.05, 4.69) is 10.3 Å². The van der Waals surface area contributed by atoms with E-state index in [1.165, 1.54) is 14.2 Å². The van der Waals surface area contributed by atoms with Crippen LogP contribution in [-0.2, 0) is 22.4 Å². The molecular weight excluding hydrogens is 440 g/mol. The number of amides is 1. The minimum absolute atomic E-state index is 0.0873. The Morgan fingerprint density at radius 2 is 1.94 bits per heavy atom. The summed E-state index contributed by atoms with van der Waals surface area (Å²) in [6.07, 6.45) is 1.48. The molecule has 0 saturated heterocycles. The van der Waals surface area contributed by atoms with Gasteiger partial charge >= 0.3 is 11.6 Å². The van der Waals surface area contributed by atoms with Gasteiger partial charge in [-0.05, 0) is 24.1 Å². The molecule has 1 amide bonds. The van der Waals surface area contributed by atoms with Crippen molar-refractivity contribution < 1.29 is 28.6 Å². The van der Waals surface area contributed by atoms with Gasteiger partial charge < -0.3 is 29.3 Å². The molecule has 0 aliphatic rings. The van der Waals surface area contributed by atoms with Crippen molar-refractivity contribution in [3.05, 3.63) is 69.7 Å². The maximum atomic E-state index is 12.8. The number of aryl methyl sites for hydroxylation is 1. The molecule has 4 rings (SSSR count). The second-order valence-corrected chi connectivity index (χ2v) is 7.89. The molecule has 1 atom stereocenters. The van der Waals surface area contributed by atoms with Crippen LogP contribution in [0.5, 0.6) is 11.5 Å². The third-order valence-electron chi connectivity index (χ3n) is 5.84. The molecule has 0 radical (unpaired) electrons. The highest BCUT2D eigenvalue weighted by Crippen LogP contribution is 2.33. The van der Waals surface area contributed by atoms with Crippen molar-refractivity contribution >= 4 is 33.7 Å². The number of carbonyl (C=O) groups excluding carboxylic acids is 1. The van der Waals surface area contributed by atoms with Gasteiger partial charge in [0.1, 0.15) is 23.1 Å². The Labute approximate surface area is 194 Å². The second kappa shape index (κ2) is 9.30. The lowest BCUT2D eigenvalue weighted by atomic mass is 10.0. The molecule has 0 fully saturated rings. The highest BCUT2D eigenvalue weighted by Gasteiger charge is 2.24. The number of aromatic amines is 1. The minimum atomic E-state index is -1.17. The molecule has 3 N–H and O–H groups in total. The second-order valence-electron chi connectivity index (χ2n) is 7.89. The van der Waals surface area contributed by atoms with E-state index in [4.69, 9.17) is 13.9 Å². The van der Waals surface area contributed by atoms with Crippen molar-refractivity contribution in [1.82, 2.24) is 10.3 Å². The van der Waals surface area contributed by atoms with Gasteiger partial charge in [-0.1, -0.05) is 18.2 Å². The van der Waals surface area contributed by atoms with Crippen LogP contribution in [0.4, 0.5) is 0 Å². The van der Waals surface area contributed by atoms with Crippen LogP contribution in [0, 0.1) is 6.92 Å². The highest BCUT2D eigenvalue weighted by atomic mass is 16.5. The number of H-pyrrole nitrogens is 1. The number of aromatic nitrogens is 1. The standard InChI is InChI=1S/C25H24N2O7/c1-13-17(25(31)34-21-10-15(32-2)9-20(33-3)23(13)21)11-22(28)27-19(24(29)30)8-14-12-26-18-7-5-4-6-16(14)18/h4-7,9-10,12,19,26H,8,11H2,1-3H3,(H,27,28)(H,29,30)/t19-/m1/s1. The smallest absolute Gasteiger partial charge is 0.340 e. The number of hydrogen-bond acceptors (Lipinski definition) is 6. The van der Waals surface area contributed by atoms with Crippen LogP contribution in [0.1, 0.15) is 16.7 Å². The third kappa shape index (κ3) is 4.32. The van der Waals surface area contributed by atoms with Gasteiger partial charge in [-0.25, -0.2) is 9.59 Å². The van der Waals surface area contributed by atoms with Crippen LogP contribution < -0.4 is 20.4 Å². The number of benzene rings is 2. The number of carboxylic acids is 1. The maximum absolute atomic E-state index is 12.8. The predicted molar refractivity (Wildman–Crippen MR) is 126 cm³/mol. The summed E-state index contributed by atoms with van der Waals surface area (Å²) in [4.78, 5) is 40.4. The summed E-state index contributed by atoms with van der Waals surface area (Å²) in [6, 6.07) is 9.56. The van der Waals surface area contributed by atoms with Crippen molar-refractivity contribution in [2.45, 2.75) is 25.8 Å². The van der Waals surface area contributed by atoms with Crippen molar-refractivity contribution in [2.75, 3.05) is 14.2 Å². The molecule has 2 aromatic carbocycles. The number of nitrogens with one attached hydrogen (secondary N) is 2. The summed E-state index contributed by atoms with van der Waals surface area (Å²) in [5, 5.41) is 13.7. The lowest BCUT2D eigenvalue weighted by Gasteiger charge is -2.16. The zero-order valence-corrected chi connectivity index (χ0v) is 18.9. The number of hydrogen-bond donors (Lipinski definition) is 3. The fourth-order valence-electron chi connectivity index (χ4n) is 4.09. The molecular formula is C25H24N2O7. The zero-order valence-electron chi connectivity index (χ0n) is 18.9. The average molecular weight is 464 g/mol. The molecule has 0 aliphatic carbocycles. The number of para-hydroxylation sites is 1. The fraction of sp³-hybridized carbons (Fsp3) is 0.240. The first-order valence-electron chi connectivity index (χ1n) is 10.6. The SMILES string of the molecule is COc1cc(OC)c2c(C)c(CC(=O)N[C@H](Cc3c[nH]c4ccccc34)C(=O)O)c(=O)oc2c1. The molecule has 0 unspecified atom stereocenters. The molecule has 2 heterocycles. The van der Waals surface area contributed by atoms with E-state index in [-0.39, 0.29) is 24.0 Å². The normalized spacial score (nSPS) is 12.0. The predicted octanol–water partition coefficient (Wildman–Crippen LogP) is 2.95. The largest absolute Gasteiger partial charge is 0.496 e. The van der Waals surface area contributed by atoms with Gasteiger partial charge in [0.25, 0.3) is 0 Å². The highest BCUT2D eigenvalue weighted by molar-refractivity contribution is 5.91. The number of fused-ring (bicyclic) bond motifs is 2. The number of carboxylic acid groups (broad SMARTS) is 1. The Balaban J connectivity index is 1.60. The summed E-state index contributed by atoms with van der Waals surface area (Å²) in [7, 11) is 2.97. The monoisotopic (exact) mass is 464 g/mol. The Hall–Kier alpha value is -4.27. The average Bonchev–Trinajstić information content (AvgIpc) is 3.23. The van der Waals surface area contributed by atoms with E-state index in [1.807, 2.05) is 24.3 Å². The molecule has 0 bridgehead atoms. The van der Waals surface area contributed by atoms with Crippen molar-refractivity contribution in [2.24, 2.45) is 0 Å². The van der Waals surface area contributed by atoms with Gasteiger partial charge in [0.05, 0.1) is 31.6 Å². The summed E-state index contributed by atoms with van der Waals surface area (Å²) in [5.74, 6) is -0.886. The number of aliphatic carboxylic acids is 1. The molecule has 34 heavy (non-hydrogen) atoms. The molecule has 4 aromatic rings. The summed E-state index contributed by atoms with van der Waals surface area (Å²) >= 11 is 0. The van der Waals surface area contributed by atoms with E-state index in [0.29, 0.717) is 22.4 Å². The van der Waals surface area contributed by atoms with E-state index < -0.39 is 23.5 Å². The molecule has 2 aromatic heterocycles. The Kier molecular flexibility index (Phi) is 6.27. The Morgan fingerprint density at radius 3 is 2.65 bits per heavy atom. The molecule has 9 heteroatoms. The first-order chi connectivity index (χ1) is 16.3. The minimum Gasteiger partial charge on any atom is -0.496 e. The number of methoxy groups -OCH3 is 2. The van der Waals surface area contributed by atoms with E-state index in [1.54, 1.807) is 25.3 Å². The lowest BCUT2D eigenvalue weighted by molar-refractivity contribution is -0.141. The Morgan fingerprint density at radius 1 is 1.18 bits per heavy atom.